The van der Waals surface area contributed by atoms with E-state index in [4.69, 9.17) is 0 Å². The maximum Gasteiger partial charge on any atom is 0.243 e. The Bertz CT molecular complexity index is 951. The Hall–Kier alpha value is -2.39. The predicted molar refractivity (Wildman–Crippen MR) is 98.1 cm³/mol. The summed E-state index contributed by atoms with van der Waals surface area (Å²) in [7, 11) is -3.60. The Morgan fingerprint density at radius 2 is 2.08 bits per heavy atom. The molecule has 0 radical (unpaired) electrons. The van der Waals surface area contributed by atoms with Gasteiger partial charge in [-0.05, 0) is 19.1 Å². The van der Waals surface area contributed by atoms with Crippen LogP contribution >= 0.6 is 11.3 Å². The minimum atomic E-state index is -3.60. The van der Waals surface area contributed by atoms with Crippen molar-refractivity contribution in [2.75, 3.05) is 10.6 Å². The maximum atomic E-state index is 12.5. The normalized spacial score (nSPS) is 12.9. The summed E-state index contributed by atoms with van der Waals surface area (Å²) in [5.74, 6) is -0.384. The summed E-state index contributed by atoms with van der Waals surface area (Å²) < 4.78 is 27.3. The van der Waals surface area contributed by atoms with Gasteiger partial charge < -0.3 is 5.32 Å². The van der Waals surface area contributed by atoms with E-state index in [-0.39, 0.29) is 12.5 Å². The number of aromatic nitrogens is 2. The predicted octanol–water partition coefficient (Wildman–Crippen LogP) is 1.87. The molecule has 25 heavy (non-hydrogen) atoms. The number of imidazole rings is 1. The Labute approximate surface area is 150 Å². The van der Waals surface area contributed by atoms with Crippen LogP contribution in [0.15, 0.2) is 48.1 Å². The first-order valence-electron chi connectivity index (χ1n) is 7.59. The highest BCUT2D eigenvalue weighted by molar-refractivity contribution is 7.92. The SMILES string of the molecule is C[C@@H](C(=O)NCc1cn2ccsc2n1)N(c1ccccc1)S(C)(=O)=O. The number of carbonyl (C=O) groups is 1. The van der Waals surface area contributed by atoms with Crippen LogP contribution in [-0.2, 0) is 21.4 Å². The lowest BCUT2D eigenvalue weighted by molar-refractivity contribution is -0.122. The van der Waals surface area contributed by atoms with Crippen molar-refractivity contribution in [2.45, 2.75) is 19.5 Å². The van der Waals surface area contributed by atoms with Gasteiger partial charge in [0.05, 0.1) is 24.2 Å². The number of benzene rings is 1. The first-order chi connectivity index (χ1) is 11.9. The highest BCUT2D eigenvalue weighted by atomic mass is 32.2. The summed E-state index contributed by atoms with van der Waals surface area (Å²) in [6, 6.07) is 7.70. The van der Waals surface area contributed by atoms with Crippen LogP contribution in [0.3, 0.4) is 0 Å². The Morgan fingerprint density at radius 1 is 1.36 bits per heavy atom. The zero-order valence-corrected chi connectivity index (χ0v) is 15.4. The van der Waals surface area contributed by atoms with Gasteiger partial charge in [0.15, 0.2) is 4.96 Å². The summed E-state index contributed by atoms with van der Waals surface area (Å²) in [5.41, 5.74) is 1.17. The number of hydrogen-bond donors (Lipinski definition) is 1. The van der Waals surface area contributed by atoms with Gasteiger partial charge in [0.25, 0.3) is 0 Å². The Morgan fingerprint density at radius 3 is 2.72 bits per heavy atom. The minimum Gasteiger partial charge on any atom is -0.349 e. The molecule has 0 unspecified atom stereocenters. The molecule has 132 valence electrons. The first kappa shape index (κ1) is 17.4. The molecule has 0 fully saturated rings. The first-order valence-corrected chi connectivity index (χ1v) is 10.3. The van der Waals surface area contributed by atoms with Gasteiger partial charge in [-0.3, -0.25) is 13.5 Å². The third kappa shape index (κ3) is 3.83. The van der Waals surface area contributed by atoms with Crippen molar-refractivity contribution in [3.63, 3.8) is 0 Å². The van der Waals surface area contributed by atoms with Crippen molar-refractivity contribution in [3.8, 4) is 0 Å². The zero-order chi connectivity index (χ0) is 18.0. The summed E-state index contributed by atoms with van der Waals surface area (Å²) in [6.07, 6.45) is 4.82. The number of anilines is 1. The van der Waals surface area contributed by atoms with Crippen molar-refractivity contribution in [2.24, 2.45) is 0 Å². The molecule has 0 spiro atoms. The lowest BCUT2D eigenvalue weighted by atomic mass is 10.2. The molecule has 3 aromatic rings. The van der Waals surface area contributed by atoms with Crippen LogP contribution in [0.25, 0.3) is 4.96 Å². The van der Waals surface area contributed by atoms with Crippen LogP contribution in [-0.4, -0.2) is 36.0 Å². The number of thiazole rings is 1. The van der Waals surface area contributed by atoms with Crippen molar-refractivity contribution < 1.29 is 13.2 Å². The smallest absolute Gasteiger partial charge is 0.243 e. The van der Waals surface area contributed by atoms with Gasteiger partial charge in [0.2, 0.25) is 15.9 Å². The van der Waals surface area contributed by atoms with Crippen molar-refractivity contribution in [1.82, 2.24) is 14.7 Å². The lowest BCUT2D eigenvalue weighted by Crippen LogP contribution is -2.47. The Balaban J connectivity index is 1.74. The molecule has 3 rings (SSSR count). The number of sulfonamides is 1. The van der Waals surface area contributed by atoms with E-state index >= 15 is 0 Å². The molecular formula is C16H18N4O3S2. The van der Waals surface area contributed by atoms with Gasteiger partial charge in [-0.1, -0.05) is 18.2 Å². The molecule has 0 aliphatic rings. The van der Waals surface area contributed by atoms with Gasteiger partial charge in [0.1, 0.15) is 6.04 Å². The summed E-state index contributed by atoms with van der Waals surface area (Å²) >= 11 is 1.51. The van der Waals surface area contributed by atoms with Crippen LogP contribution < -0.4 is 9.62 Å². The quantitative estimate of drug-likeness (QED) is 0.710. The van der Waals surface area contributed by atoms with E-state index in [2.05, 4.69) is 10.3 Å². The van der Waals surface area contributed by atoms with Gasteiger partial charge in [-0.15, -0.1) is 11.3 Å². The van der Waals surface area contributed by atoms with E-state index in [0.29, 0.717) is 5.69 Å². The molecule has 2 aromatic heterocycles. The second-order valence-electron chi connectivity index (χ2n) is 5.61. The second-order valence-corrected chi connectivity index (χ2v) is 8.35. The molecule has 2 heterocycles. The molecule has 0 bridgehead atoms. The third-order valence-electron chi connectivity index (χ3n) is 3.69. The fourth-order valence-corrected chi connectivity index (χ4v) is 4.46. The number of hydrogen-bond acceptors (Lipinski definition) is 5. The molecular weight excluding hydrogens is 360 g/mol. The third-order valence-corrected chi connectivity index (χ3v) is 5.70. The summed E-state index contributed by atoms with van der Waals surface area (Å²) in [5, 5.41) is 4.68. The van der Waals surface area contributed by atoms with Crippen LogP contribution in [0.5, 0.6) is 0 Å². The van der Waals surface area contributed by atoms with Gasteiger partial charge in [-0.2, -0.15) is 0 Å². The largest absolute Gasteiger partial charge is 0.349 e. The van der Waals surface area contributed by atoms with E-state index < -0.39 is 16.1 Å². The number of rotatable bonds is 6. The van der Waals surface area contributed by atoms with Crippen molar-refractivity contribution in [3.05, 3.63) is 53.8 Å². The molecule has 0 aliphatic heterocycles. The molecule has 7 nitrogen and oxygen atoms in total. The molecule has 0 saturated carbocycles. The number of amides is 1. The van der Waals surface area contributed by atoms with Crippen LogP contribution in [0.1, 0.15) is 12.6 Å². The fraction of sp³-hybridized carbons (Fsp3) is 0.250. The van der Waals surface area contributed by atoms with E-state index in [9.17, 15) is 13.2 Å². The standard InChI is InChI=1S/C16H18N4O3S2/c1-12(20(25(2,22)23)14-6-4-3-5-7-14)15(21)17-10-13-11-19-8-9-24-16(19)18-13/h3-9,11-12H,10H2,1-2H3,(H,17,21)/t12-/m0/s1. The highest BCUT2D eigenvalue weighted by Crippen LogP contribution is 2.20. The number of nitrogens with zero attached hydrogens (tertiary/aromatic N) is 3. The molecule has 1 atom stereocenters. The topological polar surface area (TPSA) is 83.8 Å². The average molecular weight is 378 g/mol. The van der Waals surface area contributed by atoms with E-state index in [0.717, 1.165) is 21.2 Å². The zero-order valence-electron chi connectivity index (χ0n) is 13.8. The van der Waals surface area contributed by atoms with E-state index in [1.165, 1.54) is 11.3 Å². The maximum absolute atomic E-state index is 12.5. The molecule has 1 aromatic carbocycles. The van der Waals surface area contributed by atoms with Crippen LogP contribution in [0.4, 0.5) is 5.69 Å². The minimum absolute atomic E-state index is 0.240. The number of fused-ring (bicyclic) bond motifs is 1. The van der Waals surface area contributed by atoms with E-state index in [1.54, 1.807) is 37.3 Å². The van der Waals surface area contributed by atoms with E-state index in [1.807, 2.05) is 22.2 Å². The van der Waals surface area contributed by atoms with Gasteiger partial charge >= 0.3 is 0 Å². The molecule has 1 amide bonds. The van der Waals surface area contributed by atoms with Crippen molar-refractivity contribution >= 4 is 37.9 Å². The molecule has 9 heteroatoms. The van der Waals surface area contributed by atoms with Crippen LogP contribution in [0.2, 0.25) is 0 Å². The number of para-hydroxylation sites is 1. The van der Waals surface area contributed by atoms with Crippen LogP contribution in [0, 0.1) is 0 Å². The second kappa shape index (κ2) is 6.85. The number of nitrogens with one attached hydrogen (secondary N) is 1. The summed E-state index contributed by atoms with van der Waals surface area (Å²) in [6.45, 7) is 1.80. The fourth-order valence-electron chi connectivity index (χ4n) is 2.57. The lowest BCUT2D eigenvalue weighted by Gasteiger charge is -2.28. The Kier molecular flexibility index (Phi) is 4.78. The molecule has 1 N–H and O–H groups in total. The van der Waals surface area contributed by atoms with Gasteiger partial charge in [0, 0.05) is 17.8 Å². The molecule has 0 aliphatic carbocycles. The molecule has 0 saturated heterocycles. The number of carbonyl (C=O) groups excluding carboxylic acids is 1. The average Bonchev–Trinajstić information content (AvgIpc) is 3.13. The van der Waals surface area contributed by atoms with Crippen molar-refractivity contribution in [1.29, 1.82) is 0 Å². The van der Waals surface area contributed by atoms with Gasteiger partial charge in [-0.25, -0.2) is 13.4 Å². The summed E-state index contributed by atoms with van der Waals surface area (Å²) in [4.78, 5) is 17.7. The monoisotopic (exact) mass is 378 g/mol. The highest BCUT2D eigenvalue weighted by Gasteiger charge is 2.28.